The van der Waals surface area contributed by atoms with Gasteiger partial charge in [0.25, 0.3) is 0 Å². The van der Waals surface area contributed by atoms with Gasteiger partial charge in [-0.15, -0.1) is 0 Å². The van der Waals surface area contributed by atoms with Crippen molar-refractivity contribution in [2.75, 3.05) is 0 Å². The number of pyridine rings is 1. The van der Waals surface area contributed by atoms with Crippen LogP contribution in [-0.4, -0.2) is 10.1 Å². The number of benzene rings is 1. The molecular formula is C12H9F2NO. The van der Waals surface area contributed by atoms with Gasteiger partial charge in [0.15, 0.2) is 5.82 Å². The Morgan fingerprint density at radius 3 is 2.69 bits per heavy atom. The molecule has 1 N–H and O–H groups in total. The van der Waals surface area contributed by atoms with E-state index in [1.54, 1.807) is 19.1 Å². The third-order valence-electron chi connectivity index (χ3n) is 2.27. The summed E-state index contributed by atoms with van der Waals surface area (Å²) in [6.07, 6.45) is 1.08. The first kappa shape index (κ1) is 10.5. The Balaban J connectivity index is 2.63. The van der Waals surface area contributed by atoms with Crippen molar-refractivity contribution in [2.24, 2.45) is 0 Å². The maximum absolute atomic E-state index is 13.7. The van der Waals surface area contributed by atoms with Gasteiger partial charge in [-0.1, -0.05) is 12.1 Å². The molecule has 0 aliphatic rings. The Kier molecular flexibility index (Phi) is 2.56. The average Bonchev–Trinajstić information content (AvgIpc) is 2.23. The molecule has 0 spiro atoms. The lowest BCUT2D eigenvalue weighted by Gasteiger charge is -2.06. The molecule has 0 atom stereocenters. The van der Waals surface area contributed by atoms with Gasteiger partial charge in [0.05, 0.1) is 6.20 Å². The van der Waals surface area contributed by atoms with E-state index in [4.69, 9.17) is 5.11 Å². The molecule has 0 saturated heterocycles. The minimum Gasteiger partial charge on any atom is -0.506 e. The Labute approximate surface area is 91.2 Å². The maximum atomic E-state index is 13.7. The van der Waals surface area contributed by atoms with Gasteiger partial charge in [0.2, 0.25) is 0 Å². The molecule has 0 unspecified atom stereocenters. The predicted molar refractivity (Wildman–Crippen MR) is 56.0 cm³/mol. The van der Waals surface area contributed by atoms with Gasteiger partial charge in [-0.25, -0.2) is 13.8 Å². The minimum atomic E-state index is -0.746. The number of aromatic hydroxyl groups is 1. The minimum absolute atomic E-state index is 0.0949. The summed E-state index contributed by atoms with van der Waals surface area (Å²) in [6.45, 7) is 1.59. The summed E-state index contributed by atoms with van der Waals surface area (Å²) < 4.78 is 27.2. The number of hydrogen-bond acceptors (Lipinski definition) is 2. The molecule has 0 aliphatic heterocycles. The standard InChI is InChI=1S/C12H9F2NO/c1-7-3-2-4-9(11(7)14)12-10(13)5-8(16)6-15-12/h2-6,16H,1H3. The van der Waals surface area contributed by atoms with Crippen LogP contribution in [0.15, 0.2) is 30.5 Å². The van der Waals surface area contributed by atoms with E-state index in [1.165, 1.54) is 6.07 Å². The van der Waals surface area contributed by atoms with Gasteiger partial charge in [-0.05, 0) is 18.6 Å². The van der Waals surface area contributed by atoms with Crippen LogP contribution in [0.2, 0.25) is 0 Å². The smallest absolute Gasteiger partial charge is 0.153 e. The Morgan fingerprint density at radius 1 is 1.25 bits per heavy atom. The molecule has 1 aromatic carbocycles. The Morgan fingerprint density at radius 2 is 2.00 bits per heavy atom. The molecule has 2 nitrogen and oxygen atoms in total. The summed E-state index contributed by atoms with van der Waals surface area (Å²) in [5, 5.41) is 9.01. The van der Waals surface area contributed by atoms with Crippen molar-refractivity contribution in [3.8, 4) is 17.0 Å². The molecule has 1 aromatic heterocycles. The zero-order chi connectivity index (χ0) is 11.7. The molecule has 1 heterocycles. The van der Waals surface area contributed by atoms with E-state index in [0.29, 0.717) is 5.56 Å². The van der Waals surface area contributed by atoms with Crippen LogP contribution in [0.25, 0.3) is 11.3 Å². The van der Waals surface area contributed by atoms with Crippen molar-refractivity contribution < 1.29 is 13.9 Å². The van der Waals surface area contributed by atoms with Crippen LogP contribution in [0, 0.1) is 18.6 Å². The van der Waals surface area contributed by atoms with E-state index in [0.717, 1.165) is 12.3 Å². The number of halogens is 2. The fraction of sp³-hybridized carbons (Fsp3) is 0.0833. The topological polar surface area (TPSA) is 33.1 Å². The highest BCUT2D eigenvalue weighted by molar-refractivity contribution is 5.62. The van der Waals surface area contributed by atoms with Crippen LogP contribution in [0.4, 0.5) is 8.78 Å². The van der Waals surface area contributed by atoms with Crippen molar-refractivity contribution in [3.05, 3.63) is 47.7 Å². The second-order valence-electron chi connectivity index (χ2n) is 3.46. The van der Waals surface area contributed by atoms with Crippen LogP contribution in [0.1, 0.15) is 5.56 Å². The normalized spacial score (nSPS) is 10.4. The molecule has 2 aromatic rings. The highest BCUT2D eigenvalue weighted by Crippen LogP contribution is 2.26. The van der Waals surface area contributed by atoms with E-state index in [9.17, 15) is 8.78 Å². The fourth-order valence-corrected chi connectivity index (χ4v) is 1.46. The van der Waals surface area contributed by atoms with Crippen molar-refractivity contribution in [3.63, 3.8) is 0 Å². The Hall–Kier alpha value is -1.97. The number of nitrogens with zero attached hydrogens (tertiary/aromatic N) is 1. The second kappa shape index (κ2) is 3.89. The zero-order valence-electron chi connectivity index (χ0n) is 8.54. The van der Waals surface area contributed by atoms with Gasteiger partial charge < -0.3 is 5.11 Å². The van der Waals surface area contributed by atoms with E-state index in [2.05, 4.69) is 4.98 Å². The molecule has 16 heavy (non-hydrogen) atoms. The first-order valence-electron chi connectivity index (χ1n) is 4.69. The lowest BCUT2D eigenvalue weighted by molar-refractivity contribution is 0.465. The summed E-state index contributed by atoms with van der Waals surface area (Å²) >= 11 is 0. The molecule has 0 radical (unpaired) electrons. The molecule has 4 heteroatoms. The van der Waals surface area contributed by atoms with Gasteiger partial charge >= 0.3 is 0 Å². The highest BCUT2D eigenvalue weighted by atomic mass is 19.1. The molecule has 0 amide bonds. The number of hydrogen-bond donors (Lipinski definition) is 1. The molecule has 0 fully saturated rings. The maximum Gasteiger partial charge on any atom is 0.153 e. The van der Waals surface area contributed by atoms with Crippen molar-refractivity contribution >= 4 is 0 Å². The van der Waals surface area contributed by atoms with Gasteiger partial charge in [0.1, 0.15) is 17.3 Å². The van der Waals surface area contributed by atoms with Gasteiger partial charge in [-0.2, -0.15) is 0 Å². The number of aryl methyl sites for hydroxylation is 1. The SMILES string of the molecule is Cc1cccc(-c2ncc(O)cc2F)c1F. The fourth-order valence-electron chi connectivity index (χ4n) is 1.46. The summed E-state index contributed by atoms with van der Waals surface area (Å²) in [5.41, 5.74) is 0.420. The van der Waals surface area contributed by atoms with E-state index < -0.39 is 11.6 Å². The second-order valence-corrected chi connectivity index (χ2v) is 3.46. The largest absolute Gasteiger partial charge is 0.506 e. The van der Waals surface area contributed by atoms with E-state index in [1.807, 2.05) is 0 Å². The van der Waals surface area contributed by atoms with Crippen LogP contribution >= 0.6 is 0 Å². The van der Waals surface area contributed by atoms with Crippen LogP contribution in [0.3, 0.4) is 0 Å². The molecule has 0 saturated carbocycles. The quantitative estimate of drug-likeness (QED) is 0.802. The monoisotopic (exact) mass is 221 g/mol. The third-order valence-corrected chi connectivity index (χ3v) is 2.27. The van der Waals surface area contributed by atoms with Crippen molar-refractivity contribution in [1.29, 1.82) is 0 Å². The van der Waals surface area contributed by atoms with Crippen molar-refractivity contribution in [2.45, 2.75) is 6.92 Å². The summed E-state index contributed by atoms with van der Waals surface area (Å²) in [4.78, 5) is 3.68. The first-order valence-corrected chi connectivity index (χ1v) is 4.69. The summed E-state index contributed by atoms with van der Waals surface area (Å²) in [5.74, 6) is -1.53. The lowest BCUT2D eigenvalue weighted by Crippen LogP contribution is -1.93. The van der Waals surface area contributed by atoms with Crippen LogP contribution in [0.5, 0.6) is 5.75 Å². The third kappa shape index (κ3) is 1.74. The summed E-state index contributed by atoms with van der Waals surface area (Å²) in [7, 11) is 0. The van der Waals surface area contributed by atoms with E-state index in [-0.39, 0.29) is 17.0 Å². The molecule has 0 aliphatic carbocycles. The molecule has 82 valence electrons. The van der Waals surface area contributed by atoms with E-state index >= 15 is 0 Å². The predicted octanol–water partition coefficient (Wildman–Crippen LogP) is 3.04. The van der Waals surface area contributed by atoms with Crippen LogP contribution in [-0.2, 0) is 0 Å². The van der Waals surface area contributed by atoms with Crippen molar-refractivity contribution in [1.82, 2.24) is 4.98 Å². The van der Waals surface area contributed by atoms with Gasteiger partial charge in [0, 0.05) is 11.6 Å². The average molecular weight is 221 g/mol. The zero-order valence-corrected chi connectivity index (χ0v) is 8.54. The van der Waals surface area contributed by atoms with Gasteiger partial charge in [-0.3, -0.25) is 0 Å². The number of aromatic nitrogens is 1. The Bertz CT molecular complexity index is 541. The number of rotatable bonds is 1. The molecule has 2 rings (SSSR count). The highest BCUT2D eigenvalue weighted by Gasteiger charge is 2.13. The van der Waals surface area contributed by atoms with Crippen LogP contribution < -0.4 is 0 Å². The lowest BCUT2D eigenvalue weighted by atomic mass is 10.1. The summed E-state index contributed by atoms with van der Waals surface area (Å²) in [6, 6.07) is 5.58. The molecular weight excluding hydrogens is 212 g/mol. The molecule has 0 bridgehead atoms. The first-order chi connectivity index (χ1) is 7.59.